The molecule has 0 unspecified atom stereocenters. The number of carbonyl (C=O) groups excluding carboxylic acids is 1. The van der Waals surface area contributed by atoms with Gasteiger partial charge in [0.2, 0.25) is 0 Å². The average molecular weight is 332 g/mol. The average Bonchev–Trinajstić information content (AvgIpc) is 2.62. The molecular formula is C19H22ClNO2. The molecule has 0 aliphatic heterocycles. The second kappa shape index (κ2) is 8.02. The number of carbonyl (C=O) groups is 1. The van der Waals surface area contributed by atoms with Crippen molar-refractivity contribution in [1.82, 2.24) is 4.90 Å². The van der Waals surface area contributed by atoms with Crippen LogP contribution in [0.15, 0.2) is 48.5 Å². The van der Waals surface area contributed by atoms with Crippen molar-refractivity contribution >= 4 is 17.5 Å². The van der Waals surface area contributed by atoms with Crippen LogP contribution < -0.4 is 4.74 Å². The first-order valence-electron chi connectivity index (χ1n) is 7.78. The van der Waals surface area contributed by atoms with E-state index in [9.17, 15) is 4.79 Å². The van der Waals surface area contributed by atoms with Gasteiger partial charge in [0, 0.05) is 18.7 Å². The van der Waals surface area contributed by atoms with Crippen LogP contribution in [0.2, 0.25) is 0 Å². The zero-order valence-electron chi connectivity index (χ0n) is 13.8. The van der Waals surface area contributed by atoms with E-state index in [1.807, 2.05) is 62.4 Å². The first kappa shape index (κ1) is 17.4. The molecular weight excluding hydrogens is 310 g/mol. The molecule has 2 aromatic rings. The number of alkyl halides is 1. The van der Waals surface area contributed by atoms with Gasteiger partial charge in [0.15, 0.2) is 0 Å². The van der Waals surface area contributed by atoms with Crippen molar-refractivity contribution in [2.24, 2.45) is 0 Å². The minimum atomic E-state index is -0.275. The lowest BCUT2D eigenvalue weighted by Crippen LogP contribution is -2.30. The first-order valence-corrected chi connectivity index (χ1v) is 8.21. The Labute approximate surface area is 142 Å². The molecule has 2 aromatic carbocycles. The molecule has 122 valence electrons. The molecule has 0 bridgehead atoms. The van der Waals surface area contributed by atoms with Crippen molar-refractivity contribution in [3.63, 3.8) is 0 Å². The maximum atomic E-state index is 12.3. The Bertz CT molecular complexity index is 651. The van der Waals surface area contributed by atoms with Crippen molar-refractivity contribution in [1.29, 1.82) is 0 Å². The third-order valence-corrected chi connectivity index (χ3v) is 4.39. The van der Waals surface area contributed by atoms with Gasteiger partial charge >= 0.3 is 0 Å². The fourth-order valence-electron chi connectivity index (χ4n) is 2.48. The van der Waals surface area contributed by atoms with Crippen molar-refractivity contribution < 1.29 is 9.53 Å². The maximum absolute atomic E-state index is 12.3. The van der Waals surface area contributed by atoms with Gasteiger partial charge in [-0.25, -0.2) is 0 Å². The normalized spacial score (nSPS) is 11.8. The Balaban J connectivity index is 2.20. The number of amides is 1. The third kappa shape index (κ3) is 4.05. The van der Waals surface area contributed by atoms with E-state index >= 15 is 0 Å². The molecule has 0 saturated carbocycles. The molecule has 0 heterocycles. The molecule has 2 rings (SSSR count). The summed E-state index contributed by atoms with van der Waals surface area (Å²) in [5.74, 6) is 0.829. The number of rotatable bonds is 6. The maximum Gasteiger partial charge on any atom is 0.253 e. The summed E-state index contributed by atoms with van der Waals surface area (Å²) in [6.07, 6.45) is 0. The van der Waals surface area contributed by atoms with Gasteiger partial charge in [-0.3, -0.25) is 4.79 Å². The SMILES string of the molecule is CCN(CC)C(=O)c1ccc([C@@H](Cl)c2cccc(OC)c2)cc1. The van der Waals surface area contributed by atoms with E-state index in [-0.39, 0.29) is 11.3 Å². The zero-order chi connectivity index (χ0) is 16.8. The summed E-state index contributed by atoms with van der Waals surface area (Å²) >= 11 is 6.56. The molecule has 0 aliphatic carbocycles. The zero-order valence-corrected chi connectivity index (χ0v) is 14.5. The number of nitrogens with zero attached hydrogens (tertiary/aromatic N) is 1. The summed E-state index contributed by atoms with van der Waals surface area (Å²) in [6.45, 7) is 5.37. The Kier molecular flexibility index (Phi) is 6.05. The minimum absolute atomic E-state index is 0.0500. The highest BCUT2D eigenvalue weighted by Gasteiger charge is 2.15. The lowest BCUT2D eigenvalue weighted by atomic mass is 10.0. The molecule has 1 amide bonds. The molecule has 0 N–H and O–H groups in total. The van der Waals surface area contributed by atoms with Crippen LogP contribution in [0.1, 0.15) is 40.7 Å². The third-order valence-electron chi connectivity index (χ3n) is 3.89. The summed E-state index contributed by atoms with van der Waals surface area (Å²) in [5.41, 5.74) is 2.61. The second-order valence-electron chi connectivity index (χ2n) is 5.24. The van der Waals surface area contributed by atoms with Gasteiger partial charge in [0.1, 0.15) is 5.75 Å². The molecule has 3 nitrogen and oxygen atoms in total. The quantitative estimate of drug-likeness (QED) is 0.729. The largest absolute Gasteiger partial charge is 0.497 e. The van der Waals surface area contributed by atoms with Crippen molar-refractivity contribution in [3.8, 4) is 5.75 Å². The van der Waals surface area contributed by atoms with Gasteiger partial charge < -0.3 is 9.64 Å². The molecule has 0 fully saturated rings. The van der Waals surface area contributed by atoms with Crippen LogP contribution in [0.4, 0.5) is 0 Å². The van der Waals surface area contributed by atoms with Crippen molar-refractivity contribution in [2.75, 3.05) is 20.2 Å². The monoisotopic (exact) mass is 331 g/mol. The predicted molar refractivity (Wildman–Crippen MR) is 94.4 cm³/mol. The topological polar surface area (TPSA) is 29.5 Å². The van der Waals surface area contributed by atoms with Crippen LogP contribution in [0.25, 0.3) is 0 Å². The fraction of sp³-hybridized carbons (Fsp3) is 0.316. The molecule has 0 radical (unpaired) electrons. The van der Waals surface area contributed by atoms with Crippen LogP contribution in [0.3, 0.4) is 0 Å². The second-order valence-corrected chi connectivity index (χ2v) is 5.68. The standard InChI is InChI=1S/C19H22ClNO2/c1-4-21(5-2)19(22)15-11-9-14(10-12-15)18(20)16-7-6-8-17(13-16)23-3/h6-13,18H,4-5H2,1-3H3/t18-/m1/s1. The van der Waals surface area contributed by atoms with Crippen LogP contribution >= 0.6 is 11.6 Å². The smallest absolute Gasteiger partial charge is 0.253 e. The minimum Gasteiger partial charge on any atom is -0.497 e. The Morgan fingerprint density at radius 1 is 1.09 bits per heavy atom. The van der Waals surface area contributed by atoms with Crippen molar-refractivity contribution in [2.45, 2.75) is 19.2 Å². The van der Waals surface area contributed by atoms with Gasteiger partial charge in [-0.15, -0.1) is 11.6 Å². The Morgan fingerprint density at radius 3 is 2.30 bits per heavy atom. The van der Waals surface area contributed by atoms with Gasteiger partial charge in [-0.2, -0.15) is 0 Å². The fourth-order valence-corrected chi connectivity index (χ4v) is 2.76. The Morgan fingerprint density at radius 2 is 1.74 bits per heavy atom. The summed E-state index contributed by atoms with van der Waals surface area (Å²) in [4.78, 5) is 14.1. The highest BCUT2D eigenvalue weighted by atomic mass is 35.5. The lowest BCUT2D eigenvalue weighted by molar-refractivity contribution is 0.0773. The molecule has 1 atom stereocenters. The van der Waals surface area contributed by atoms with Crippen LogP contribution in [-0.2, 0) is 0 Å². The van der Waals surface area contributed by atoms with E-state index in [2.05, 4.69) is 0 Å². The van der Waals surface area contributed by atoms with Gasteiger partial charge in [-0.1, -0.05) is 24.3 Å². The molecule has 23 heavy (non-hydrogen) atoms. The van der Waals surface area contributed by atoms with Gasteiger partial charge in [0.25, 0.3) is 5.91 Å². The molecule has 0 aliphatic rings. The van der Waals surface area contributed by atoms with E-state index in [4.69, 9.17) is 16.3 Å². The Hall–Kier alpha value is -2.00. The number of methoxy groups -OCH3 is 1. The summed E-state index contributed by atoms with van der Waals surface area (Å²) in [5, 5.41) is -0.275. The molecule has 0 saturated heterocycles. The van der Waals surface area contributed by atoms with E-state index in [0.29, 0.717) is 18.7 Å². The summed E-state index contributed by atoms with van der Waals surface area (Å²) < 4.78 is 5.23. The number of hydrogen-bond acceptors (Lipinski definition) is 2. The van der Waals surface area contributed by atoms with Gasteiger partial charge in [0.05, 0.1) is 12.5 Å². The molecule has 0 aromatic heterocycles. The van der Waals surface area contributed by atoms with E-state index in [0.717, 1.165) is 16.9 Å². The van der Waals surface area contributed by atoms with E-state index < -0.39 is 0 Å². The van der Waals surface area contributed by atoms with Gasteiger partial charge in [-0.05, 0) is 49.2 Å². The molecule has 4 heteroatoms. The van der Waals surface area contributed by atoms with Crippen molar-refractivity contribution in [3.05, 3.63) is 65.2 Å². The van der Waals surface area contributed by atoms with Crippen LogP contribution in [0, 0.1) is 0 Å². The summed E-state index contributed by atoms with van der Waals surface area (Å²) in [6, 6.07) is 15.2. The van der Waals surface area contributed by atoms with E-state index in [1.165, 1.54) is 0 Å². The lowest BCUT2D eigenvalue weighted by Gasteiger charge is -2.19. The highest BCUT2D eigenvalue weighted by Crippen LogP contribution is 2.30. The number of halogens is 1. The number of benzene rings is 2. The van der Waals surface area contributed by atoms with Crippen LogP contribution in [-0.4, -0.2) is 31.0 Å². The molecule has 0 spiro atoms. The van der Waals surface area contributed by atoms with Crippen LogP contribution in [0.5, 0.6) is 5.75 Å². The summed E-state index contributed by atoms with van der Waals surface area (Å²) in [7, 11) is 1.63. The van der Waals surface area contributed by atoms with E-state index in [1.54, 1.807) is 12.0 Å². The number of hydrogen-bond donors (Lipinski definition) is 0. The number of ether oxygens (including phenoxy) is 1. The first-order chi connectivity index (χ1) is 11.1. The predicted octanol–water partition coefficient (Wildman–Crippen LogP) is 4.51. The highest BCUT2D eigenvalue weighted by molar-refractivity contribution is 6.22.